The maximum Gasteiger partial charge on any atom is 0.251 e. The van der Waals surface area contributed by atoms with Crippen molar-refractivity contribution in [3.63, 3.8) is 0 Å². The van der Waals surface area contributed by atoms with Crippen LogP contribution in [0.3, 0.4) is 0 Å². The first-order chi connectivity index (χ1) is 12.7. The van der Waals surface area contributed by atoms with E-state index >= 15 is 0 Å². The number of carbonyl (C=O) groups is 1. The summed E-state index contributed by atoms with van der Waals surface area (Å²) in [6.07, 6.45) is 5.75. The molecule has 1 amide bonds. The molecule has 1 fully saturated rings. The second-order valence-corrected chi connectivity index (χ2v) is 6.99. The van der Waals surface area contributed by atoms with Crippen LogP contribution in [-0.4, -0.2) is 50.2 Å². The summed E-state index contributed by atoms with van der Waals surface area (Å²) in [4.78, 5) is 14.9. The number of carbonyl (C=O) groups excluding carboxylic acids is 1. The number of likely N-dealkylation sites (tertiary alicyclic amines) is 1. The zero-order valence-electron chi connectivity index (χ0n) is 16.0. The van der Waals surface area contributed by atoms with Crippen LogP contribution in [0.2, 0.25) is 5.02 Å². The molecule has 1 aromatic carbocycles. The van der Waals surface area contributed by atoms with Crippen LogP contribution in [-0.2, 0) is 0 Å². The fourth-order valence-electron chi connectivity index (χ4n) is 3.10. The Bertz CT molecular complexity index is 574. The van der Waals surface area contributed by atoms with Crippen LogP contribution < -0.4 is 14.8 Å². The topological polar surface area (TPSA) is 50.8 Å². The first kappa shape index (κ1) is 20.8. The van der Waals surface area contributed by atoms with Gasteiger partial charge in [-0.1, -0.05) is 24.9 Å². The van der Waals surface area contributed by atoms with Crippen LogP contribution in [0.15, 0.2) is 12.1 Å². The van der Waals surface area contributed by atoms with Crippen LogP contribution in [0, 0.1) is 0 Å². The smallest absolute Gasteiger partial charge is 0.251 e. The standard InChI is InChI=1S/C20H31ClN2O3/c1-3-13-26-19-17(21)14-16(15-18(19)25-4-2)20(24)22-9-8-12-23-10-6-5-7-11-23/h14-15H,3-13H2,1-2H3,(H,22,24). The number of ether oxygens (including phenoxy) is 2. The highest BCUT2D eigenvalue weighted by molar-refractivity contribution is 6.32. The summed E-state index contributed by atoms with van der Waals surface area (Å²) in [6.45, 7) is 9.02. The molecule has 1 saturated heterocycles. The Kier molecular flexibility index (Phi) is 9.06. The van der Waals surface area contributed by atoms with E-state index in [0.29, 0.717) is 41.8 Å². The van der Waals surface area contributed by atoms with Gasteiger partial charge in [-0.2, -0.15) is 0 Å². The average molecular weight is 383 g/mol. The maximum atomic E-state index is 12.5. The van der Waals surface area contributed by atoms with E-state index < -0.39 is 0 Å². The van der Waals surface area contributed by atoms with Crippen molar-refractivity contribution in [1.29, 1.82) is 0 Å². The number of halogens is 1. The first-order valence-electron chi connectivity index (χ1n) is 9.75. The molecule has 146 valence electrons. The number of nitrogens with one attached hydrogen (secondary N) is 1. The van der Waals surface area contributed by atoms with Gasteiger partial charge in [-0.15, -0.1) is 0 Å². The second-order valence-electron chi connectivity index (χ2n) is 6.58. The van der Waals surface area contributed by atoms with Crippen molar-refractivity contribution in [3.05, 3.63) is 22.7 Å². The third-order valence-corrected chi connectivity index (χ3v) is 4.69. The molecule has 1 aromatic rings. The summed E-state index contributed by atoms with van der Waals surface area (Å²) < 4.78 is 11.3. The van der Waals surface area contributed by atoms with E-state index in [1.807, 2.05) is 13.8 Å². The van der Waals surface area contributed by atoms with Crippen LogP contribution >= 0.6 is 11.6 Å². The van der Waals surface area contributed by atoms with Crippen molar-refractivity contribution in [2.75, 3.05) is 39.4 Å². The van der Waals surface area contributed by atoms with E-state index in [-0.39, 0.29) is 5.91 Å². The van der Waals surface area contributed by atoms with E-state index in [2.05, 4.69) is 10.2 Å². The summed E-state index contributed by atoms with van der Waals surface area (Å²) in [6, 6.07) is 3.36. The first-order valence-corrected chi connectivity index (χ1v) is 10.1. The summed E-state index contributed by atoms with van der Waals surface area (Å²) in [5.41, 5.74) is 0.500. The van der Waals surface area contributed by atoms with E-state index in [1.165, 1.54) is 32.4 Å². The molecule has 1 aliphatic heterocycles. The normalized spacial score (nSPS) is 14.9. The molecule has 0 spiro atoms. The lowest BCUT2D eigenvalue weighted by molar-refractivity contribution is 0.0950. The Balaban J connectivity index is 1.90. The quantitative estimate of drug-likeness (QED) is 0.618. The zero-order chi connectivity index (χ0) is 18.8. The van der Waals surface area contributed by atoms with Gasteiger partial charge in [0.05, 0.1) is 18.2 Å². The van der Waals surface area contributed by atoms with Crippen molar-refractivity contribution in [2.24, 2.45) is 0 Å². The minimum atomic E-state index is -0.131. The molecule has 2 rings (SSSR count). The minimum Gasteiger partial charge on any atom is -0.490 e. The lowest BCUT2D eigenvalue weighted by Crippen LogP contribution is -2.33. The van der Waals surface area contributed by atoms with Gasteiger partial charge in [-0.25, -0.2) is 0 Å². The number of hydrogen-bond acceptors (Lipinski definition) is 4. The molecule has 6 heteroatoms. The van der Waals surface area contributed by atoms with Crippen molar-refractivity contribution in [3.8, 4) is 11.5 Å². The number of nitrogens with zero attached hydrogens (tertiary/aromatic N) is 1. The predicted octanol–water partition coefficient (Wildman–Crippen LogP) is 4.13. The molecule has 0 radical (unpaired) electrons. The van der Waals surface area contributed by atoms with Gasteiger partial charge in [0.2, 0.25) is 0 Å². The number of piperidine rings is 1. The lowest BCUT2D eigenvalue weighted by atomic mass is 10.1. The average Bonchev–Trinajstić information content (AvgIpc) is 2.65. The summed E-state index contributed by atoms with van der Waals surface area (Å²) in [7, 11) is 0. The van der Waals surface area contributed by atoms with E-state index in [0.717, 1.165) is 19.4 Å². The van der Waals surface area contributed by atoms with Gasteiger partial charge in [0.1, 0.15) is 0 Å². The maximum absolute atomic E-state index is 12.5. The number of amides is 1. The molecular formula is C20H31ClN2O3. The van der Waals surface area contributed by atoms with E-state index in [9.17, 15) is 4.79 Å². The van der Waals surface area contributed by atoms with Crippen molar-refractivity contribution in [2.45, 2.75) is 46.0 Å². The highest BCUT2D eigenvalue weighted by atomic mass is 35.5. The van der Waals surface area contributed by atoms with Crippen LogP contribution in [0.1, 0.15) is 56.3 Å². The predicted molar refractivity (Wildman–Crippen MR) is 106 cm³/mol. The monoisotopic (exact) mass is 382 g/mol. The van der Waals surface area contributed by atoms with E-state index in [1.54, 1.807) is 12.1 Å². The third kappa shape index (κ3) is 6.36. The highest BCUT2D eigenvalue weighted by Crippen LogP contribution is 2.36. The molecule has 0 aliphatic carbocycles. The van der Waals surface area contributed by atoms with Crippen LogP contribution in [0.5, 0.6) is 11.5 Å². The number of rotatable bonds is 10. The summed E-state index contributed by atoms with van der Waals surface area (Å²) in [5, 5.41) is 3.38. The molecular weight excluding hydrogens is 352 g/mol. The van der Waals surface area contributed by atoms with Crippen molar-refractivity contribution >= 4 is 17.5 Å². The number of hydrogen-bond donors (Lipinski definition) is 1. The van der Waals surface area contributed by atoms with Crippen molar-refractivity contribution in [1.82, 2.24) is 10.2 Å². The third-order valence-electron chi connectivity index (χ3n) is 4.41. The molecule has 1 heterocycles. The SMILES string of the molecule is CCCOc1c(Cl)cc(C(=O)NCCCN2CCCCC2)cc1OCC. The summed E-state index contributed by atoms with van der Waals surface area (Å²) >= 11 is 6.32. The van der Waals surface area contributed by atoms with Gasteiger partial charge in [-0.3, -0.25) is 4.79 Å². The van der Waals surface area contributed by atoms with Gasteiger partial charge in [0.25, 0.3) is 5.91 Å². The molecule has 0 saturated carbocycles. The molecule has 0 atom stereocenters. The van der Waals surface area contributed by atoms with Gasteiger partial charge >= 0.3 is 0 Å². The molecule has 1 aliphatic rings. The van der Waals surface area contributed by atoms with Crippen LogP contribution in [0.25, 0.3) is 0 Å². The van der Waals surface area contributed by atoms with Crippen molar-refractivity contribution < 1.29 is 14.3 Å². The zero-order valence-corrected chi connectivity index (χ0v) is 16.7. The fourth-order valence-corrected chi connectivity index (χ4v) is 3.36. The second kappa shape index (κ2) is 11.3. The Morgan fingerprint density at radius 3 is 2.65 bits per heavy atom. The van der Waals surface area contributed by atoms with Crippen LogP contribution in [0.4, 0.5) is 0 Å². The van der Waals surface area contributed by atoms with Gasteiger partial charge in [0.15, 0.2) is 11.5 Å². The Hall–Kier alpha value is -1.46. The molecule has 0 bridgehead atoms. The van der Waals surface area contributed by atoms with E-state index in [4.69, 9.17) is 21.1 Å². The summed E-state index contributed by atoms with van der Waals surface area (Å²) in [5.74, 6) is 0.900. The Morgan fingerprint density at radius 2 is 1.96 bits per heavy atom. The molecule has 1 N–H and O–H groups in total. The number of benzene rings is 1. The highest BCUT2D eigenvalue weighted by Gasteiger charge is 2.16. The molecule has 26 heavy (non-hydrogen) atoms. The Labute approximate surface area is 162 Å². The van der Waals surface area contributed by atoms with Gasteiger partial charge < -0.3 is 19.7 Å². The van der Waals surface area contributed by atoms with Gasteiger partial charge in [-0.05, 0) is 64.4 Å². The molecule has 5 nitrogen and oxygen atoms in total. The fraction of sp³-hybridized carbons (Fsp3) is 0.650. The molecule has 0 aromatic heterocycles. The minimum absolute atomic E-state index is 0.131. The largest absolute Gasteiger partial charge is 0.490 e. The lowest BCUT2D eigenvalue weighted by Gasteiger charge is -2.26. The Morgan fingerprint density at radius 1 is 1.19 bits per heavy atom. The molecule has 0 unspecified atom stereocenters. The van der Waals surface area contributed by atoms with Gasteiger partial charge in [0, 0.05) is 12.1 Å².